The number of ether oxygens (including phenoxy) is 1. The number of nitriles is 1. The van der Waals surface area contributed by atoms with Crippen LogP contribution < -0.4 is 21.5 Å². The molecule has 1 aromatic heterocycles. The molecule has 0 radical (unpaired) electrons. The highest BCUT2D eigenvalue weighted by atomic mass is 19.1. The van der Waals surface area contributed by atoms with Gasteiger partial charge in [0, 0.05) is 12.6 Å². The third-order valence-electron chi connectivity index (χ3n) is 4.09. The Labute approximate surface area is 179 Å². The van der Waals surface area contributed by atoms with Crippen LogP contribution in [0.2, 0.25) is 0 Å². The van der Waals surface area contributed by atoms with E-state index in [9.17, 15) is 9.18 Å². The van der Waals surface area contributed by atoms with Crippen molar-refractivity contribution in [3.63, 3.8) is 0 Å². The fraction of sp³-hybridized carbons (Fsp3) is 0.136. The minimum Gasteiger partial charge on any atom is -0.478 e. The van der Waals surface area contributed by atoms with Gasteiger partial charge >= 0.3 is 0 Å². The summed E-state index contributed by atoms with van der Waals surface area (Å²) in [5.74, 6) is -0.302. The van der Waals surface area contributed by atoms with Crippen LogP contribution in [0.3, 0.4) is 0 Å². The molecule has 0 amide bonds. The number of hydrogen-bond donors (Lipinski definition) is 3. The van der Waals surface area contributed by atoms with Crippen molar-refractivity contribution >= 4 is 11.5 Å². The Morgan fingerprint density at radius 1 is 1.39 bits per heavy atom. The molecule has 8 nitrogen and oxygen atoms in total. The Hall–Kier alpha value is -4.16. The normalized spacial score (nSPS) is 9.74. The molecule has 0 aliphatic carbocycles. The molecule has 0 atom stereocenters. The summed E-state index contributed by atoms with van der Waals surface area (Å²) in [6.45, 7) is 2.85. The molecule has 0 spiro atoms. The SMILES string of the molecule is C=CN.CNc1cn(-c2cccc(-c3cc(F)ccc3OCC#N)c2)nc1C(=O)CN. The van der Waals surface area contributed by atoms with Crippen molar-refractivity contribution < 1.29 is 13.9 Å². The number of anilines is 1. The predicted octanol–water partition coefficient (Wildman–Crippen LogP) is 2.85. The van der Waals surface area contributed by atoms with E-state index in [1.165, 1.54) is 24.4 Å². The van der Waals surface area contributed by atoms with Crippen LogP contribution in [0.4, 0.5) is 10.1 Å². The zero-order chi connectivity index (χ0) is 22.8. The molecule has 2 aromatic carbocycles. The number of halogens is 1. The van der Waals surface area contributed by atoms with E-state index in [4.69, 9.17) is 15.7 Å². The number of ketones is 1. The second kappa shape index (κ2) is 11.1. The highest BCUT2D eigenvalue weighted by Crippen LogP contribution is 2.32. The first kappa shape index (κ1) is 23.1. The molecule has 0 bridgehead atoms. The van der Waals surface area contributed by atoms with Gasteiger partial charge in [-0.15, -0.1) is 0 Å². The van der Waals surface area contributed by atoms with Crippen LogP contribution >= 0.6 is 0 Å². The molecule has 5 N–H and O–H groups in total. The number of carbonyl (C=O) groups excluding carboxylic acids is 1. The van der Waals surface area contributed by atoms with Gasteiger partial charge in [-0.2, -0.15) is 10.4 Å². The van der Waals surface area contributed by atoms with Gasteiger partial charge in [-0.3, -0.25) is 4.79 Å². The number of carbonyl (C=O) groups is 1. The number of nitrogens with two attached hydrogens (primary N) is 2. The summed E-state index contributed by atoms with van der Waals surface area (Å²) in [7, 11) is 1.69. The van der Waals surface area contributed by atoms with Crippen LogP contribution in [0, 0.1) is 17.1 Å². The van der Waals surface area contributed by atoms with Crippen molar-refractivity contribution in [3.8, 4) is 28.6 Å². The van der Waals surface area contributed by atoms with Gasteiger partial charge in [0.25, 0.3) is 0 Å². The lowest BCUT2D eigenvalue weighted by Crippen LogP contribution is -2.15. The van der Waals surface area contributed by atoms with Crippen molar-refractivity contribution in [2.24, 2.45) is 11.5 Å². The first-order valence-corrected chi connectivity index (χ1v) is 9.22. The lowest BCUT2D eigenvalue weighted by atomic mass is 10.0. The summed E-state index contributed by atoms with van der Waals surface area (Å²) < 4.78 is 20.8. The lowest BCUT2D eigenvalue weighted by Gasteiger charge is -2.11. The maximum atomic E-state index is 13.8. The van der Waals surface area contributed by atoms with Crippen molar-refractivity contribution in [3.05, 3.63) is 73.0 Å². The number of hydrogen-bond acceptors (Lipinski definition) is 7. The third-order valence-corrected chi connectivity index (χ3v) is 4.09. The monoisotopic (exact) mass is 422 g/mol. The topological polar surface area (TPSA) is 132 Å². The quantitative estimate of drug-likeness (QED) is 0.499. The summed E-state index contributed by atoms with van der Waals surface area (Å²) in [6.07, 6.45) is 2.93. The van der Waals surface area contributed by atoms with E-state index >= 15 is 0 Å². The van der Waals surface area contributed by atoms with Gasteiger partial charge < -0.3 is 21.5 Å². The zero-order valence-electron chi connectivity index (χ0n) is 17.0. The standard InChI is InChI=1S/C20H18FN5O2.C2H5N/c1-24-17-12-26(25-20(17)18(27)11-23)15-4-2-3-13(9-15)16-10-14(21)5-6-19(16)28-8-7-22;1-2-3/h2-6,9-10,12,24H,8,11,23H2,1H3;2H,1,3H2. The fourth-order valence-electron chi connectivity index (χ4n) is 2.77. The van der Waals surface area contributed by atoms with E-state index in [0.717, 1.165) is 0 Å². The Balaban J connectivity index is 0.00000107. The minimum atomic E-state index is -0.419. The molecule has 31 heavy (non-hydrogen) atoms. The van der Waals surface area contributed by atoms with E-state index in [0.29, 0.717) is 28.3 Å². The Morgan fingerprint density at radius 2 is 2.13 bits per heavy atom. The molecule has 0 aliphatic rings. The predicted molar refractivity (Wildman–Crippen MR) is 117 cm³/mol. The summed E-state index contributed by atoms with van der Waals surface area (Å²) in [5, 5.41) is 16.0. The number of nitrogens with one attached hydrogen (secondary N) is 1. The van der Waals surface area contributed by atoms with Crippen LogP contribution in [0.1, 0.15) is 10.5 Å². The average Bonchev–Trinajstić information content (AvgIpc) is 3.23. The number of benzene rings is 2. The van der Waals surface area contributed by atoms with E-state index in [2.05, 4.69) is 22.7 Å². The van der Waals surface area contributed by atoms with Crippen molar-refractivity contribution in [1.82, 2.24) is 9.78 Å². The van der Waals surface area contributed by atoms with E-state index in [1.54, 1.807) is 36.1 Å². The molecule has 0 fully saturated rings. The first-order chi connectivity index (χ1) is 15.0. The Bertz CT molecular complexity index is 1100. The van der Waals surface area contributed by atoms with Gasteiger partial charge in [0.1, 0.15) is 17.6 Å². The third kappa shape index (κ3) is 5.68. The van der Waals surface area contributed by atoms with Crippen LogP contribution in [0.5, 0.6) is 5.75 Å². The van der Waals surface area contributed by atoms with E-state index in [-0.39, 0.29) is 24.6 Å². The highest BCUT2D eigenvalue weighted by Gasteiger charge is 2.16. The molecule has 0 saturated carbocycles. The zero-order valence-corrected chi connectivity index (χ0v) is 17.0. The van der Waals surface area contributed by atoms with Gasteiger partial charge in [-0.25, -0.2) is 9.07 Å². The van der Waals surface area contributed by atoms with Crippen LogP contribution in [-0.4, -0.2) is 35.8 Å². The molecule has 3 aromatic rings. The number of Topliss-reactive ketones (excluding diaryl/α,β-unsaturated/α-hetero) is 1. The molecular weight excluding hydrogens is 399 g/mol. The summed E-state index contributed by atoms with van der Waals surface area (Å²) in [4.78, 5) is 12.0. The molecule has 0 saturated heterocycles. The van der Waals surface area contributed by atoms with E-state index < -0.39 is 5.82 Å². The second-order valence-corrected chi connectivity index (χ2v) is 6.09. The van der Waals surface area contributed by atoms with Crippen molar-refractivity contribution in [2.75, 3.05) is 25.5 Å². The minimum absolute atomic E-state index is 0.144. The highest BCUT2D eigenvalue weighted by molar-refractivity contribution is 6.00. The maximum absolute atomic E-state index is 13.8. The van der Waals surface area contributed by atoms with Crippen molar-refractivity contribution in [2.45, 2.75) is 0 Å². The second-order valence-electron chi connectivity index (χ2n) is 6.09. The van der Waals surface area contributed by atoms with Gasteiger partial charge in [-0.1, -0.05) is 18.7 Å². The summed E-state index contributed by atoms with van der Waals surface area (Å²) in [6, 6.07) is 13.2. The molecule has 1 heterocycles. The Kier molecular flexibility index (Phi) is 8.31. The molecule has 3 rings (SSSR count). The molecule has 9 heteroatoms. The summed E-state index contributed by atoms with van der Waals surface area (Å²) in [5.41, 5.74) is 12.7. The van der Waals surface area contributed by atoms with Gasteiger partial charge in [-0.05, 0) is 42.1 Å². The van der Waals surface area contributed by atoms with Gasteiger partial charge in [0.15, 0.2) is 18.1 Å². The summed E-state index contributed by atoms with van der Waals surface area (Å²) >= 11 is 0. The number of aromatic nitrogens is 2. The Morgan fingerprint density at radius 3 is 2.77 bits per heavy atom. The smallest absolute Gasteiger partial charge is 0.198 e. The average molecular weight is 422 g/mol. The van der Waals surface area contributed by atoms with Gasteiger partial charge in [0.2, 0.25) is 0 Å². The molecular formula is C22H23FN6O2. The van der Waals surface area contributed by atoms with Crippen LogP contribution in [0.25, 0.3) is 16.8 Å². The number of nitrogens with zero attached hydrogens (tertiary/aromatic N) is 3. The van der Waals surface area contributed by atoms with Crippen molar-refractivity contribution in [1.29, 1.82) is 5.26 Å². The molecule has 0 aliphatic heterocycles. The largest absolute Gasteiger partial charge is 0.478 e. The van der Waals surface area contributed by atoms with E-state index in [1.807, 2.05) is 12.1 Å². The lowest BCUT2D eigenvalue weighted by molar-refractivity contribution is 0.0997. The first-order valence-electron chi connectivity index (χ1n) is 9.22. The fourth-order valence-corrected chi connectivity index (χ4v) is 2.77. The van der Waals surface area contributed by atoms with Gasteiger partial charge in [0.05, 0.1) is 24.1 Å². The number of rotatable bonds is 7. The molecule has 160 valence electrons. The molecule has 0 unspecified atom stereocenters. The van der Waals surface area contributed by atoms with Crippen LogP contribution in [0.15, 0.2) is 61.4 Å². The van der Waals surface area contributed by atoms with Crippen LogP contribution in [-0.2, 0) is 0 Å². The maximum Gasteiger partial charge on any atom is 0.198 e.